The summed E-state index contributed by atoms with van der Waals surface area (Å²) in [6.07, 6.45) is 2.18. The Morgan fingerprint density at radius 1 is 1.39 bits per heavy atom. The average molecular weight is 328 g/mol. The van der Waals surface area contributed by atoms with Crippen LogP contribution >= 0.6 is 11.3 Å². The van der Waals surface area contributed by atoms with Crippen LogP contribution in [0.2, 0.25) is 0 Å². The first-order chi connectivity index (χ1) is 11.0. The van der Waals surface area contributed by atoms with Crippen LogP contribution < -0.4 is 5.32 Å². The molecule has 0 spiro atoms. The minimum absolute atomic E-state index is 0.0929. The number of amides is 1. The van der Waals surface area contributed by atoms with Crippen LogP contribution in [-0.4, -0.2) is 22.5 Å². The molecule has 3 N–H and O–H groups in total. The zero-order valence-corrected chi connectivity index (χ0v) is 14.0. The molecule has 1 amide bonds. The standard InChI is InChI=1S/C18H20N2O2S/c1-12-4-3-5-15-17(12)13(9-19-15)8-16(21)20-11-18(2,22)14-6-7-23-10-14/h3-7,9-10,19,22H,8,11H2,1-2H3,(H,20,21). The normalized spacial score (nSPS) is 13.9. The Kier molecular flexibility index (Phi) is 4.24. The van der Waals surface area contributed by atoms with E-state index in [2.05, 4.69) is 10.3 Å². The number of carbonyl (C=O) groups excluding carboxylic acids is 1. The fourth-order valence-corrected chi connectivity index (χ4v) is 3.55. The van der Waals surface area contributed by atoms with Crippen molar-refractivity contribution in [3.8, 4) is 0 Å². The first kappa shape index (κ1) is 15.8. The molecule has 3 aromatic rings. The molecule has 2 heterocycles. The minimum Gasteiger partial charge on any atom is -0.384 e. The van der Waals surface area contributed by atoms with Crippen LogP contribution in [0.15, 0.2) is 41.2 Å². The molecule has 4 nitrogen and oxygen atoms in total. The van der Waals surface area contributed by atoms with Crippen LogP contribution in [0, 0.1) is 6.92 Å². The topological polar surface area (TPSA) is 65.1 Å². The van der Waals surface area contributed by atoms with E-state index in [4.69, 9.17) is 0 Å². The van der Waals surface area contributed by atoms with Crippen LogP contribution in [0.25, 0.3) is 10.9 Å². The minimum atomic E-state index is -1.05. The molecular formula is C18H20N2O2S. The maximum absolute atomic E-state index is 12.2. The Labute approximate surface area is 139 Å². The van der Waals surface area contributed by atoms with Gasteiger partial charge in [-0.05, 0) is 53.4 Å². The van der Waals surface area contributed by atoms with Gasteiger partial charge in [-0.3, -0.25) is 4.79 Å². The lowest BCUT2D eigenvalue weighted by atomic mass is 9.99. The quantitative estimate of drug-likeness (QED) is 0.674. The summed E-state index contributed by atoms with van der Waals surface area (Å²) < 4.78 is 0. The lowest BCUT2D eigenvalue weighted by Gasteiger charge is -2.22. The van der Waals surface area contributed by atoms with Gasteiger partial charge in [-0.15, -0.1) is 0 Å². The van der Waals surface area contributed by atoms with E-state index in [0.29, 0.717) is 6.42 Å². The Hall–Kier alpha value is -2.11. The summed E-state index contributed by atoms with van der Waals surface area (Å²) in [4.78, 5) is 15.4. The lowest BCUT2D eigenvalue weighted by molar-refractivity contribution is -0.121. The number of benzene rings is 1. The molecule has 0 aliphatic carbocycles. The van der Waals surface area contributed by atoms with E-state index in [1.165, 1.54) is 11.3 Å². The Morgan fingerprint density at radius 3 is 2.96 bits per heavy atom. The number of aromatic amines is 1. The number of H-pyrrole nitrogens is 1. The number of fused-ring (bicyclic) bond motifs is 1. The monoisotopic (exact) mass is 328 g/mol. The molecular weight excluding hydrogens is 308 g/mol. The summed E-state index contributed by atoms with van der Waals surface area (Å²) in [7, 11) is 0. The summed E-state index contributed by atoms with van der Waals surface area (Å²) in [6.45, 7) is 3.95. The molecule has 0 fully saturated rings. The van der Waals surface area contributed by atoms with Gasteiger partial charge < -0.3 is 15.4 Å². The lowest BCUT2D eigenvalue weighted by Crippen LogP contribution is -2.39. The molecule has 0 aliphatic rings. The van der Waals surface area contributed by atoms with Crippen LogP contribution in [-0.2, 0) is 16.8 Å². The molecule has 0 saturated heterocycles. The number of carbonyl (C=O) groups is 1. The Morgan fingerprint density at radius 2 is 2.22 bits per heavy atom. The summed E-state index contributed by atoms with van der Waals surface area (Å²) in [5.74, 6) is -0.0929. The maximum atomic E-state index is 12.2. The fourth-order valence-electron chi connectivity index (χ4n) is 2.77. The Bertz CT molecular complexity index is 819. The van der Waals surface area contributed by atoms with Crippen molar-refractivity contribution in [2.75, 3.05) is 6.54 Å². The van der Waals surface area contributed by atoms with Gasteiger partial charge in [-0.25, -0.2) is 0 Å². The predicted molar refractivity (Wildman–Crippen MR) is 93.6 cm³/mol. The van der Waals surface area contributed by atoms with Gasteiger partial charge in [0.05, 0.1) is 13.0 Å². The second-order valence-corrected chi connectivity index (χ2v) is 6.83. The Balaban J connectivity index is 1.67. The van der Waals surface area contributed by atoms with E-state index in [1.807, 2.05) is 48.1 Å². The van der Waals surface area contributed by atoms with Crippen molar-refractivity contribution < 1.29 is 9.90 Å². The van der Waals surface area contributed by atoms with Crippen molar-refractivity contribution in [1.29, 1.82) is 0 Å². The highest BCUT2D eigenvalue weighted by atomic mass is 32.1. The van der Waals surface area contributed by atoms with Crippen molar-refractivity contribution in [3.63, 3.8) is 0 Å². The molecule has 0 aliphatic heterocycles. The molecule has 1 aromatic carbocycles. The van der Waals surface area contributed by atoms with E-state index in [-0.39, 0.29) is 12.5 Å². The van der Waals surface area contributed by atoms with Gasteiger partial charge in [-0.1, -0.05) is 12.1 Å². The van der Waals surface area contributed by atoms with Crippen molar-refractivity contribution in [2.45, 2.75) is 25.9 Å². The highest BCUT2D eigenvalue weighted by molar-refractivity contribution is 7.08. The first-order valence-corrected chi connectivity index (χ1v) is 8.49. The zero-order chi connectivity index (χ0) is 16.4. The number of nitrogens with one attached hydrogen (secondary N) is 2. The average Bonchev–Trinajstić information content (AvgIpc) is 3.16. The van der Waals surface area contributed by atoms with Gasteiger partial charge in [0, 0.05) is 17.1 Å². The number of aromatic nitrogens is 1. The fraction of sp³-hybridized carbons (Fsp3) is 0.278. The third-order valence-electron chi connectivity index (χ3n) is 4.12. The van der Waals surface area contributed by atoms with E-state index in [0.717, 1.165) is 27.6 Å². The third-order valence-corrected chi connectivity index (χ3v) is 4.80. The van der Waals surface area contributed by atoms with Crippen molar-refractivity contribution in [1.82, 2.24) is 10.3 Å². The first-order valence-electron chi connectivity index (χ1n) is 7.55. The molecule has 1 atom stereocenters. The molecule has 5 heteroatoms. The van der Waals surface area contributed by atoms with E-state index in [9.17, 15) is 9.90 Å². The van der Waals surface area contributed by atoms with Crippen molar-refractivity contribution >= 4 is 28.1 Å². The van der Waals surface area contributed by atoms with E-state index in [1.54, 1.807) is 6.92 Å². The molecule has 0 radical (unpaired) electrons. The molecule has 120 valence electrons. The van der Waals surface area contributed by atoms with Gasteiger partial charge in [0.1, 0.15) is 5.60 Å². The zero-order valence-electron chi connectivity index (χ0n) is 13.2. The second kappa shape index (κ2) is 6.18. The van der Waals surface area contributed by atoms with Crippen LogP contribution in [0.4, 0.5) is 0 Å². The summed E-state index contributed by atoms with van der Waals surface area (Å²) in [5, 5.41) is 18.2. The molecule has 23 heavy (non-hydrogen) atoms. The number of aryl methyl sites for hydroxylation is 1. The van der Waals surface area contributed by atoms with Crippen LogP contribution in [0.1, 0.15) is 23.6 Å². The van der Waals surface area contributed by atoms with Gasteiger partial charge in [0.2, 0.25) is 5.91 Å². The highest BCUT2D eigenvalue weighted by Gasteiger charge is 2.24. The largest absolute Gasteiger partial charge is 0.384 e. The summed E-state index contributed by atoms with van der Waals surface area (Å²) >= 11 is 1.53. The van der Waals surface area contributed by atoms with E-state index < -0.39 is 5.60 Å². The molecule has 0 saturated carbocycles. The molecule has 1 unspecified atom stereocenters. The maximum Gasteiger partial charge on any atom is 0.224 e. The molecule has 3 rings (SSSR count). The van der Waals surface area contributed by atoms with Crippen LogP contribution in [0.3, 0.4) is 0 Å². The smallest absolute Gasteiger partial charge is 0.224 e. The number of hydrogen-bond acceptors (Lipinski definition) is 3. The van der Waals surface area contributed by atoms with Gasteiger partial charge in [0.25, 0.3) is 0 Å². The molecule has 2 aromatic heterocycles. The van der Waals surface area contributed by atoms with Gasteiger partial charge in [-0.2, -0.15) is 11.3 Å². The van der Waals surface area contributed by atoms with Crippen LogP contribution in [0.5, 0.6) is 0 Å². The number of hydrogen-bond donors (Lipinski definition) is 3. The number of rotatable bonds is 5. The third kappa shape index (κ3) is 3.30. The second-order valence-electron chi connectivity index (χ2n) is 6.05. The SMILES string of the molecule is Cc1cccc2[nH]cc(CC(=O)NCC(C)(O)c3ccsc3)c12. The summed E-state index contributed by atoms with van der Waals surface area (Å²) in [6, 6.07) is 7.92. The van der Waals surface area contributed by atoms with Crippen molar-refractivity contribution in [2.24, 2.45) is 0 Å². The predicted octanol–water partition coefficient (Wildman–Crippen LogP) is 3.10. The van der Waals surface area contributed by atoms with Gasteiger partial charge >= 0.3 is 0 Å². The molecule has 0 bridgehead atoms. The van der Waals surface area contributed by atoms with Gasteiger partial charge in [0.15, 0.2) is 0 Å². The van der Waals surface area contributed by atoms with Crippen molar-refractivity contribution in [3.05, 3.63) is 57.9 Å². The highest BCUT2D eigenvalue weighted by Crippen LogP contribution is 2.23. The number of aliphatic hydroxyl groups is 1. The summed E-state index contributed by atoms with van der Waals surface area (Å²) in [5.41, 5.74) is 2.94. The van der Waals surface area contributed by atoms with E-state index >= 15 is 0 Å². The number of thiophene rings is 1.